The quantitative estimate of drug-likeness (QED) is 0.543. The van der Waals surface area contributed by atoms with Crippen LogP contribution in [0.3, 0.4) is 0 Å². The van der Waals surface area contributed by atoms with Gasteiger partial charge in [0.1, 0.15) is 17.1 Å². The first-order chi connectivity index (χ1) is 14.0. The van der Waals surface area contributed by atoms with Crippen molar-refractivity contribution >= 4 is 34.1 Å². The summed E-state index contributed by atoms with van der Waals surface area (Å²) >= 11 is 6.02. The molecule has 152 valence electrons. The molecule has 2 aromatic carbocycles. The zero-order chi connectivity index (χ0) is 21.0. The average molecular weight is 415 g/mol. The lowest BCUT2D eigenvalue weighted by Crippen LogP contribution is -2.30. The van der Waals surface area contributed by atoms with Crippen molar-refractivity contribution in [3.05, 3.63) is 63.4 Å². The molecule has 0 aliphatic rings. The van der Waals surface area contributed by atoms with Gasteiger partial charge in [-0.2, -0.15) is 0 Å². The van der Waals surface area contributed by atoms with Crippen molar-refractivity contribution in [2.45, 2.75) is 32.7 Å². The fourth-order valence-electron chi connectivity index (χ4n) is 3.30. The van der Waals surface area contributed by atoms with E-state index in [1.165, 1.54) is 13.2 Å². The van der Waals surface area contributed by atoms with Crippen LogP contribution in [-0.4, -0.2) is 22.7 Å². The number of pyridine rings is 1. The second-order valence-electron chi connectivity index (χ2n) is 6.70. The summed E-state index contributed by atoms with van der Waals surface area (Å²) in [5.74, 6) is -0.662. The molecule has 0 fully saturated rings. The van der Waals surface area contributed by atoms with E-state index in [9.17, 15) is 14.7 Å². The van der Waals surface area contributed by atoms with Gasteiger partial charge < -0.3 is 19.7 Å². The number of unbranched alkanes of at least 4 members (excludes halogenated alkanes) is 2. The summed E-state index contributed by atoms with van der Waals surface area (Å²) in [4.78, 5) is 26.1. The first-order valence-electron chi connectivity index (χ1n) is 9.47. The Bertz CT molecular complexity index is 1110. The van der Waals surface area contributed by atoms with E-state index in [4.69, 9.17) is 16.3 Å². The molecule has 0 spiro atoms. The van der Waals surface area contributed by atoms with Gasteiger partial charge in [-0.25, -0.2) is 0 Å². The van der Waals surface area contributed by atoms with Crippen LogP contribution in [0.1, 0.15) is 36.5 Å². The van der Waals surface area contributed by atoms with Gasteiger partial charge >= 0.3 is 0 Å². The average Bonchev–Trinajstić information content (AvgIpc) is 2.71. The second kappa shape index (κ2) is 9.01. The molecular formula is C22H23ClN2O4. The fourth-order valence-corrected chi connectivity index (χ4v) is 3.47. The van der Waals surface area contributed by atoms with Crippen LogP contribution in [0.2, 0.25) is 5.02 Å². The van der Waals surface area contributed by atoms with Gasteiger partial charge in [0.2, 0.25) is 0 Å². The molecule has 0 saturated heterocycles. The summed E-state index contributed by atoms with van der Waals surface area (Å²) in [6.07, 6.45) is 2.77. The molecule has 1 amide bonds. The van der Waals surface area contributed by atoms with Gasteiger partial charge in [0.15, 0.2) is 0 Å². The Morgan fingerprint density at radius 3 is 2.69 bits per heavy atom. The SMILES string of the molecule is CCCCCn1c(=O)c(C(=O)Nc2cc(Cl)ccc2OC)c(O)c2ccccc21. The predicted molar refractivity (Wildman–Crippen MR) is 115 cm³/mol. The van der Waals surface area contributed by atoms with Crippen LogP contribution in [-0.2, 0) is 6.54 Å². The maximum absolute atomic E-state index is 13.1. The molecule has 0 aliphatic heterocycles. The van der Waals surface area contributed by atoms with Crippen molar-refractivity contribution in [3.8, 4) is 11.5 Å². The molecule has 29 heavy (non-hydrogen) atoms. The van der Waals surface area contributed by atoms with Gasteiger partial charge in [-0.15, -0.1) is 0 Å². The van der Waals surface area contributed by atoms with E-state index in [-0.39, 0.29) is 11.3 Å². The Hall–Kier alpha value is -2.99. The number of nitrogens with one attached hydrogen (secondary N) is 1. The molecule has 1 heterocycles. The zero-order valence-corrected chi connectivity index (χ0v) is 17.1. The Kier molecular flexibility index (Phi) is 6.44. The highest BCUT2D eigenvalue weighted by molar-refractivity contribution is 6.31. The van der Waals surface area contributed by atoms with Crippen molar-refractivity contribution in [1.29, 1.82) is 0 Å². The molecule has 3 aromatic rings. The predicted octanol–water partition coefficient (Wildman–Crippen LogP) is 4.81. The summed E-state index contributed by atoms with van der Waals surface area (Å²) in [5, 5.41) is 14.2. The topological polar surface area (TPSA) is 80.6 Å². The standard InChI is InChI=1S/C22H23ClN2O4/c1-3-4-7-12-25-17-9-6-5-8-15(17)20(26)19(22(25)28)21(27)24-16-13-14(23)10-11-18(16)29-2/h5-6,8-11,13,26H,3-4,7,12H2,1-2H3,(H,24,27). The summed E-state index contributed by atoms with van der Waals surface area (Å²) < 4.78 is 6.79. The molecule has 6 nitrogen and oxygen atoms in total. The van der Waals surface area contributed by atoms with E-state index >= 15 is 0 Å². The van der Waals surface area contributed by atoms with Crippen LogP contribution >= 0.6 is 11.6 Å². The number of carbonyl (C=O) groups excluding carboxylic acids is 1. The molecule has 0 atom stereocenters. The molecule has 0 bridgehead atoms. The number of fused-ring (bicyclic) bond motifs is 1. The molecule has 7 heteroatoms. The number of aryl methyl sites for hydroxylation is 1. The van der Waals surface area contributed by atoms with E-state index in [2.05, 4.69) is 12.2 Å². The first-order valence-corrected chi connectivity index (χ1v) is 9.85. The summed E-state index contributed by atoms with van der Waals surface area (Å²) in [6.45, 7) is 2.54. The summed E-state index contributed by atoms with van der Waals surface area (Å²) in [7, 11) is 1.47. The smallest absolute Gasteiger partial charge is 0.267 e. The van der Waals surface area contributed by atoms with E-state index in [1.54, 1.807) is 41.0 Å². The number of benzene rings is 2. The highest BCUT2D eigenvalue weighted by Gasteiger charge is 2.23. The second-order valence-corrected chi connectivity index (χ2v) is 7.14. The van der Waals surface area contributed by atoms with Crippen molar-refractivity contribution in [3.63, 3.8) is 0 Å². The zero-order valence-electron chi connectivity index (χ0n) is 16.4. The number of anilines is 1. The van der Waals surface area contributed by atoms with Crippen LogP contribution in [0.15, 0.2) is 47.3 Å². The Labute approximate surface area is 173 Å². The monoisotopic (exact) mass is 414 g/mol. The normalized spacial score (nSPS) is 10.9. The Morgan fingerprint density at radius 1 is 1.21 bits per heavy atom. The van der Waals surface area contributed by atoms with Crippen LogP contribution < -0.4 is 15.6 Å². The number of methoxy groups -OCH3 is 1. The lowest BCUT2D eigenvalue weighted by molar-refractivity contribution is 0.102. The van der Waals surface area contributed by atoms with Crippen molar-refractivity contribution in [2.24, 2.45) is 0 Å². The van der Waals surface area contributed by atoms with Crippen molar-refractivity contribution < 1.29 is 14.6 Å². The molecule has 0 saturated carbocycles. The first kappa shape index (κ1) is 20.7. The lowest BCUT2D eigenvalue weighted by Gasteiger charge is -2.16. The van der Waals surface area contributed by atoms with Gasteiger partial charge in [-0.1, -0.05) is 43.5 Å². The maximum atomic E-state index is 13.1. The van der Waals surface area contributed by atoms with Crippen LogP contribution in [0.25, 0.3) is 10.9 Å². The van der Waals surface area contributed by atoms with E-state index < -0.39 is 11.5 Å². The van der Waals surface area contributed by atoms with Gasteiger partial charge in [0.25, 0.3) is 11.5 Å². The molecule has 0 radical (unpaired) electrons. The number of rotatable bonds is 7. The third-order valence-electron chi connectivity index (χ3n) is 4.77. The molecule has 0 unspecified atom stereocenters. The summed E-state index contributed by atoms with van der Waals surface area (Å²) in [5.41, 5.74) is 0.0792. The molecule has 3 rings (SSSR count). The number of hydrogen-bond donors (Lipinski definition) is 2. The van der Waals surface area contributed by atoms with Gasteiger partial charge in [0, 0.05) is 17.0 Å². The van der Waals surface area contributed by atoms with Crippen LogP contribution in [0, 0.1) is 0 Å². The van der Waals surface area contributed by atoms with Gasteiger partial charge in [0.05, 0.1) is 18.3 Å². The number of nitrogens with zero attached hydrogens (tertiary/aromatic N) is 1. The fraction of sp³-hybridized carbons (Fsp3) is 0.273. The molecule has 2 N–H and O–H groups in total. The van der Waals surface area contributed by atoms with Gasteiger partial charge in [-0.3, -0.25) is 9.59 Å². The van der Waals surface area contributed by atoms with E-state index in [0.717, 1.165) is 19.3 Å². The molecular weight excluding hydrogens is 392 g/mol. The third-order valence-corrected chi connectivity index (χ3v) is 5.00. The maximum Gasteiger partial charge on any atom is 0.267 e. The number of aromatic nitrogens is 1. The number of halogens is 1. The third kappa shape index (κ3) is 4.22. The van der Waals surface area contributed by atoms with E-state index in [1.807, 2.05) is 0 Å². The van der Waals surface area contributed by atoms with Crippen LogP contribution in [0.5, 0.6) is 11.5 Å². The van der Waals surface area contributed by atoms with E-state index in [0.29, 0.717) is 33.9 Å². The minimum atomic E-state index is -0.719. The number of aromatic hydroxyl groups is 1. The van der Waals surface area contributed by atoms with Crippen molar-refractivity contribution in [2.75, 3.05) is 12.4 Å². The Balaban J connectivity index is 2.10. The van der Waals surface area contributed by atoms with Gasteiger partial charge in [-0.05, 0) is 36.8 Å². The molecule has 0 aliphatic carbocycles. The largest absolute Gasteiger partial charge is 0.506 e. The van der Waals surface area contributed by atoms with Crippen molar-refractivity contribution in [1.82, 2.24) is 4.57 Å². The number of carbonyl (C=O) groups is 1. The number of amides is 1. The number of hydrogen-bond acceptors (Lipinski definition) is 4. The van der Waals surface area contributed by atoms with Crippen LogP contribution in [0.4, 0.5) is 5.69 Å². The minimum absolute atomic E-state index is 0.303. The highest BCUT2D eigenvalue weighted by Crippen LogP contribution is 2.30. The molecule has 1 aromatic heterocycles. The highest BCUT2D eigenvalue weighted by atomic mass is 35.5. The Morgan fingerprint density at radius 2 is 1.97 bits per heavy atom. The number of ether oxygens (including phenoxy) is 1. The summed E-state index contributed by atoms with van der Waals surface area (Å²) in [6, 6.07) is 11.8. The lowest BCUT2D eigenvalue weighted by atomic mass is 10.1. The minimum Gasteiger partial charge on any atom is -0.506 e. The number of para-hydroxylation sites is 1.